The average Bonchev–Trinajstić information content (AvgIpc) is 3.42. The predicted octanol–water partition coefficient (Wildman–Crippen LogP) is 20.9. The van der Waals surface area contributed by atoms with E-state index in [9.17, 15) is 19.4 Å². The Labute approximate surface area is 497 Å². The predicted molar refractivity (Wildman–Crippen MR) is 348 cm³/mol. The molecular weight excluding hydrogens is 1010 g/mol. The summed E-state index contributed by atoms with van der Waals surface area (Å²) in [5.74, 6) is -0.175. The number of hydrogen-bond acceptors (Lipinski definition) is 6. The molecule has 2 N–H and O–H groups in total. The molecule has 0 aliphatic rings. The van der Waals surface area contributed by atoms with E-state index in [1.165, 1.54) is 186 Å². The number of amides is 1. The van der Waals surface area contributed by atoms with E-state index < -0.39 is 20.0 Å². The summed E-state index contributed by atoms with van der Waals surface area (Å²) in [6.45, 7) is 4.63. The van der Waals surface area contributed by atoms with E-state index >= 15 is 0 Å². The fourth-order valence-electron chi connectivity index (χ4n) is 9.91. The molecule has 0 saturated carbocycles. The maximum Gasteiger partial charge on any atom is 0.268 e. The van der Waals surface area contributed by atoms with Crippen LogP contribution in [-0.4, -0.2) is 68.5 Å². The van der Waals surface area contributed by atoms with Gasteiger partial charge in [0.05, 0.1) is 39.9 Å². The lowest BCUT2D eigenvalue weighted by Crippen LogP contribution is -2.46. The number of likely N-dealkylation sites (N-methyl/N-ethyl adjacent to an activating group) is 1. The van der Waals surface area contributed by atoms with Crippen molar-refractivity contribution in [2.45, 2.75) is 321 Å². The van der Waals surface area contributed by atoms with Crippen molar-refractivity contribution in [3.8, 4) is 0 Å². The molecule has 3 atom stereocenters. The minimum absolute atomic E-state index is 0.00624. The summed E-state index contributed by atoms with van der Waals surface area (Å²) in [6.07, 6.45) is 86.5. The molecule has 0 aliphatic heterocycles. The molecule has 80 heavy (non-hydrogen) atoms. The Morgan fingerprint density at radius 3 is 1.11 bits per heavy atom. The molecule has 9 heteroatoms. The van der Waals surface area contributed by atoms with Gasteiger partial charge >= 0.3 is 0 Å². The number of hydrogen-bond donors (Lipinski definition) is 2. The number of allylic oxidation sites excluding steroid dienone is 14. The largest absolute Gasteiger partial charge is 0.756 e. The maximum atomic E-state index is 13.0. The van der Waals surface area contributed by atoms with Crippen LogP contribution in [0.1, 0.15) is 309 Å². The molecule has 1 amide bonds. The highest BCUT2D eigenvalue weighted by atomic mass is 31.2. The van der Waals surface area contributed by atoms with Crippen molar-refractivity contribution >= 4 is 13.7 Å². The first-order valence-electron chi connectivity index (χ1n) is 33.9. The smallest absolute Gasteiger partial charge is 0.268 e. The Morgan fingerprint density at radius 1 is 0.450 bits per heavy atom. The van der Waals surface area contributed by atoms with Crippen molar-refractivity contribution in [2.24, 2.45) is 0 Å². The van der Waals surface area contributed by atoms with Gasteiger partial charge < -0.3 is 28.8 Å². The number of unbranched alkanes of at least 4 members (excludes halogenated alkanes) is 35. The Balaban J connectivity index is 4.12. The molecule has 0 spiro atoms. The van der Waals surface area contributed by atoms with Crippen LogP contribution in [0.3, 0.4) is 0 Å². The first-order chi connectivity index (χ1) is 39.0. The second-order valence-electron chi connectivity index (χ2n) is 24.2. The zero-order valence-corrected chi connectivity index (χ0v) is 54.2. The van der Waals surface area contributed by atoms with Crippen LogP contribution in [0.4, 0.5) is 0 Å². The Morgan fingerprint density at radius 2 is 0.762 bits per heavy atom. The molecular formula is C71H131N2O6P. The standard InChI is InChI=1S/C71H131N2O6P/c1-6-8-10-12-14-16-18-20-22-24-26-28-30-32-34-36-38-40-42-44-46-48-50-52-54-56-58-60-62-64-70(74)69(68-79-80(76,77)78-67-66-73(3,4)5)72-71(75)65-63-61-59-57-55-53-51-49-47-45-43-41-39-37-35-33-31-29-27-25-23-21-19-17-15-13-11-9-7-2/h9,11,15,17,21,23,27,29,33,35,39,41,45,47,69-70,74H,6-8,10,12-14,16,18-20,22,24-26,28,30-32,34,36-38,40,42-44,46,48-68H2,1-5H3,(H-,72,75,76,77)/b11-9-,17-15-,23-21-,29-27-,35-33-,41-39-,47-45-. The van der Waals surface area contributed by atoms with Gasteiger partial charge in [0, 0.05) is 6.42 Å². The molecule has 8 nitrogen and oxygen atoms in total. The van der Waals surface area contributed by atoms with Crippen LogP contribution in [0.15, 0.2) is 85.1 Å². The Kier molecular flexibility index (Phi) is 59.5. The molecule has 0 aromatic rings. The van der Waals surface area contributed by atoms with Crippen molar-refractivity contribution < 1.29 is 32.9 Å². The van der Waals surface area contributed by atoms with Crippen LogP contribution in [0.2, 0.25) is 0 Å². The van der Waals surface area contributed by atoms with E-state index in [2.05, 4.69) is 104 Å². The zero-order chi connectivity index (χ0) is 58.4. The number of nitrogens with one attached hydrogen (secondary N) is 1. The van der Waals surface area contributed by atoms with Crippen molar-refractivity contribution in [3.63, 3.8) is 0 Å². The molecule has 0 fully saturated rings. The minimum atomic E-state index is -4.59. The van der Waals surface area contributed by atoms with Gasteiger partial charge in [-0.2, -0.15) is 0 Å². The van der Waals surface area contributed by atoms with Crippen LogP contribution in [0.25, 0.3) is 0 Å². The lowest BCUT2D eigenvalue weighted by atomic mass is 10.0. The molecule has 0 heterocycles. The average molecular weight is 1140 g/mol. The summed E-state index contributed by atoms with van der Waals surface area (Å²) in [5.41, 5.74) is 0. The summed E-state index contributed by atoms with van der Waals surface area (Å²) in [7, 11) is 1.29. The summed E-state index contributed by atoms with van der Waals surface area (Å²) in [5, 5.41) is 14.1. The number of carbonyl (C=O) groups excluding carboxylic acids is 1. The fraction of sp³-hybridized carbons (Fsp3) is 0.789. The number of nitrogens with zero attached hydrogens (tertiary/aromatic N) is 1. The van der Waals surface area contributed by atoms with Crippen LogP contribution in [-0.2, 0) is 18.4 Å². The number of quaternary nitrogens is 1. The number of aliphatic hydroxyl groups is 1. The highest BCUT2D eigenvalue weighted by molar-refractivity contribution is 7.45. The SMILES string of the molecule is CC/C=C\C/C=C\C/C=C\C/C=C\C/C=C\C/C=C\C/C=C\CCCCCCCCCC(=O)NC(COP(=O)([O-])OCC[N+](C)(C)C)C(O)CCCCCCCCCCCCCCCCCCCCCCCCCCCCCCC. The van der Waals surface area contributed by atoms with Crippen molar-refractivity contribution in [2.75, 3.05) is 40.9 Å². The van der Waals surface area contributed by atoms with Crippen LogP contribution in [0.5, 0.6) is 0 Å². The van der Waals surface area contributed by atoms with Gasteiger partial charge in [-0.25, -0.2) is 0 Å². The zero-order valence-electron chi connectivity index (χ0n) is 53.3. The van der Waals surface area contributed by atoms with Gasteiger partial charge in [-0.3, -0.25) is 9.36 Å². The normalized spacial score (nSPS) is 14.2. The van der Waals surface area contributed by atoms with Crippen molar-refractivity contribution in [1.82, 2.24) is 5.32 Å². The molecule has 3 unspecified atom stereocenters. The van der Waals surface area contributed by atoms with E-state index in [0.29, 0.717) is 23.9 Å². The fourth-order valence-corrected chi connectivity index (χ4v) is 10.6. The van der Waals surface area contributed by atoms with Gasteiger partial charge in [0.15, 0.2) is 0 Å². The molecule has 0 aromatic heterocycles. The van der Waals surface area contributed by atoms with E-state index in [-0.39, 0.29) is 19.1 Å². The molecule has 466 valence electrons. The van der Waals surface area contributed by atoms with Crippen LogP contribution >= 0.6 is 7.82 Å². The summed E-state index contributed by atoms with van der Waals surface area (Å²) in [6, 6.07) is -0.815. The van der Waals surface area contributed by atoms with Gasteiger partial charge in [0.2, 0.25) is 5.91 Å². The van der Waals surface area contributed by atoms with Crippen LogP contribution < -0.4 is 10.2 Å². The second kappa shape index (κ2) is 61.2. The Bertz CT molecular complexity index is 1580. The first kappa shape index (κ1) is 77.7. The van der Waals surface area contributed by atoms with Gasteiger partial charge in [-0.15, -0.1) is 0 Å². The first-order valence-corrected chi connectivity index (χ1v) is 35.4. The van der Waals surface area contributed by atoms with Gasteiger partial charge in [0.25, 0.3) is 7.82 Å². The lowest BCUT2D eigenvalue weighted by molar-refractivity contribution is -0.870. The highest BCUT2D eigenvalue weighted by Gasteiger charge is 2.24. The molecule has 0 rings (SSSR count). The van der Waals surface area contributed by atoms with Gasteiger partial charge in [-0.1, -0.05) is 317 Å². The third-order valence-corrected chi connectivity index (χ3v) is 16.1. The van der Waals surface area contributed by atoms with E-state index in [1.807, 2.05) is 21.1 Å². The van der Waals surface area contributed by atoms with Crippen LogP contribution in [0, 0.1) is 0 Å². The van der Waals surface area contributed by atoms with Gasteiger partial charge in [-0.05, 0) is 70.6 Å². The third kappa shape index (κ3) is 63.3. The number of phosphoric ester groups is 1. The number of aliphatic hydroxyl groups excluding tert-OH is 1. The molecule has 0 radical (unpaired) electrons. The molecule has 0 aromatic carbocycles. The monoisotopic (exact) mass is 1140 g/mol. The second-order valence-corrected chi connectivity index (χ2v) is 25.6. The van der Waals surface area contributed by atoms with Gasteiger partial charge in [0.1, 0.15) is 13.2 Å². The topological polar surface area (TPSA) is 108 Å². The number of rotatable bonds is 62. The Hall–Kier alpha value is -2.32. The lowest BCUT2D eigenvalue weighted by Gasteiger charge is -2.30. The third-order valence-electron chi connectivity index (χ3n) is 15.1. The van der Waals surface area contributed by atoms with Crippen molar-refractivity contribution in [1.29, 1.82) is 0 Å². The highest BCUT2D eigenvalue weighted by Crippen LogP contribution is 2.38. The van der Waals surface area contributed by atoms with E-state index in [0.717, 1.165) is 96.3 Å². The summed E-state index contributed by atoms with van der Waals surface area (Å²) in [4.78, 5) is 25.7. The number of carbonyl (C=O) groups is 1. The maximum absolute atomic E-state index is 13.0. The van der Waals surface area contributed by atoms with E-state index in [4.69, 9.17) is 9.05 Å². The quantitative estimate of drug-likeness (QED) is 0.0272. The minimum Gasteiger partial charge on any atom is -0.756 e. The molecule has 0 saturated heterocycles. The number of phosphoric acid groups is 1. The molecule has 0 bridgehead atoms. The molecule has 0 aliphatic carbocycles. The summed E-state index contributed by atoms with van der Waals surface area (Å²) < 4.78 is 23.5. The van der Waals surface area contributed by atoms with E-state index in [1.54, 1.807) is 0 Å². The summed E-state index contributed by atoms with van der Waals surface area (Å²) >= 11 is 0. The van der Waals surface area contributed by atoms with Crippen molar-refractivity contribution in [3.05, 3.63) is 85.1 Å².